The molecule has 10 heteroatoms. The molecule has 1 aliphatic rings. The van der Waals surface area contributed by atoms with E-state index in [1.54, 1.807) is 30.3 Å². The second-order valence-corrected chi connectivity index (χ2v) is 12.2. The molecule has 1 aliphatic carbocycles. The van der Waals surface area contributed by atoms with Gasteiger partial charge in [0.05, 0.1) is 17.7 Å². The van der Waals surface area contributed by atoms with E-state index in [0.717, 1.165) is 24.6 Å². The summed E-state index contributed by atoms with van der Waals surface area (Å²) < 4.78 is 45.2. The summed E-state index contributed by atoms with van der Waals surface area (Å²) in [6.07, 6.45) is 3.07. The highest BCUT2D eigenvalue weighted by Gasteiger charge is 2.33. The first-order chi connectivity index (χ1) is 17.2. The van der Waals surface area contributed by atoms with E-state index in [-0.39, 0.29) is 27.9 Å². The van der Waals surface area contributed by atoms with Gasteiger partial charge in [-0.15, -0.1) is 0 Å². The van der Waals surface area contributed by atoms with Crippen LogP contribution in [0, 0.1) is 17.8 Å². The Labute approximate surface area is 216 Å². The highest BCUT2D eigenvalue weighted by atomic mass is 32.2. The topological polar surface area (TPSA) is 108 Å². The number of hydrogen-bond acceptors (Lipinski definition) is 8. The number of hydrogen-bond donors (Lipinski definition) is 1. The highest BCUT2D eigenvalue weighted by Crippen LogP contribution is 2.36. The first-order valence-corrected chi connectivity index (χ1v) is 14.5. The number of benzene rings is 2. The van der Waals surface area contributed by atoms with Crippen molar-refractivity contribution < 1.29 is 27.1 Å². The number of carbonyl (C=O) groups excluding carboxylic acids is 1. The number of rotatable bonds is 9. The van der Waals surface area contributed by atoms with Crippen LogP contribution in [-0.2, 0) is 19.6 Å². The average molecular weight is 533 g/mol. The van der Waals surface area contributed by atoms with E-state index in [0.29, 0.717) is 40.3 Å². The fourth-order valence-corrected chi connectivity index (χ4v) is 6.33. The molecule has 1 saturated carbocycles. The van der Waals surface area contributed by atoms with Crippen LogP contribution in [-0.4, -0.2) is 38.3 Å². The van der Waals surface area contributed by atoms with Crippen LogP contribution in [0.2, 0.25) is 0 Å². The van der Waals surface area contributed by atoms with Crippen LogP contribution in [0.1, 0.15) is 40.0 Å². The number of fused-ring (bicyclic) bond motifs is 1. The Kier molecular flexibility index (Phi) is 8.14. The van der Waals surface area contributed by atoms with Crippen molar-refractivity contribution in [3.8, 4) is 5.75 Å². The summed E-state index contributed by atoms with van der Waals surface area (Å²) in [6, 6.07) is 11.2. The van der Waals surface area contributed by atoms with Crippen molar-refractivity contribution in [2.75, 3.05) is 17.6 Å². The largest absolute Gasteiger partial charge is 0.495 e. The summed E-state index contributed by atoms with van der Waals surface area (Å²) in [4.78, 5) is 17.0. The monoisotopic (exact) mass is 532 g/mol. The molecule has 1 aromatic heterocycles. The fourth-order valence-electron chi connectivity index (χ4n) is 4.62. The molecule has 1 fully saturated rings. The van der Waals surface area contributed by atoms with Crippen molar-refractivity contribution in [1.82, 2.24) is 4.98 Å². The molecule has 1 heterocycles. The van der Waals surface area contributed by atoms with Gasteiger partial charge in [0, 0.05) is 0 Å². The molecular formula is C26H32N2O6S2. The van der Waals surface area contributed by atoms with E-state index in [1.165, 1.54) is 25.7 Å². The molecule has 3 atom stereocenters. The van der Waals surface area contributed by atoms with E-state index in [4.69, 9.17) is 13.9 Å². The Morgan fingerprint density at radius 1 is 1.22 bits per heavy atom. The zero-order chi connectivity index (χ0) is 25.9. The lowest BCUT2D eigenvalue weighted by atomic mass is 9.75. The molecule has 4 rings (SSSR count). The molecule has 0 aliphatic heterocycles. The summed E-state index contributed by atoms with van der Waals surface area (Å²) in [5.41, 5.74) is 1.15. The van der Waals surface area contributed by atoms with Crippen molar-refractivity contribution in [2.24, 2.45) is 17.8 Å². The maximum atomic E-state index is 12.9. The second kappa shape index (κ2) is 11.1. The van der Waals surface area contributed by atoms with Crippen LogP contribution in [0.15, 0.2) is 57.0 Å². The zero-order valence-electron chi connectivity index (χ0n) is 20.9. The van der Waals surface area contributed by atoms with Crippen LogP contribution >= 0.6 is 11.8 Å². The minimum atomic E-state index is -3.88. The van der Waals surface area contributed by atoms with E-state index < -0.39 is 10.0 Å². The van der Waals surface area contributed by atoms with Gasteiger partial charge in [-0.25, -0.2) is 13.4 Å². The normalized spacial score (nSPS) is 20.4. The molecule has 36 heavy (non-hydrogen) atoms. The third-order valence-corrected chi connectivity index (χ3v) is 8.72. The molecule has 0 spiro atoms. The van der Waals surface area contributed by atoms with Crippen molar-refractivity contribution in [2.45, 2.75) is 56.3 Å². The standard InChI is InChI=1S/C26H32N2O6S2/c1-16(2)19-11-9-17(3)13-24(19)33-25(29)15-35-26-27-21-14-18(10-12-23(21)34-26)36(30,31)28-20-7-5-6-8-22(20)32-4/h5-8,10,12,14,16-17,19,24,28H,9,11,13,15H2,1-4H3. The SMILES string of the molecule is COc1ccccc1NS(=O)(=O)c1ccc2oc(SCC(=O)OC3CC(C)CCC3C(C)C)nc2c1. The first kappa shape index (κ1) is 26.3. The summed E-state index contributed by atoms with van der Waals surface area (Å²) >= 11 is 1.14. The quantitative estimate of drug-likeness (QED) is 0.275. The fraction of sp³-hybridized carbons (Fsp3) is 0.462. The second-order valence-electron chi connectivity index (χ2n) is 9.56. The molecule has 0 saturated heterocycles. The van der Waals surface area contributed by atoms with Crippen molar-refractivity contribution in [3.05, 3.63) is 42.5 Å². The molecule has 0 bridgehead atoms. The van der Waals surface area contributed by atoms with Gasteiger partial charge >= 0.3 is 5.97 Å². The number of oxazole rings is 1. The average Bonchev–Trinajstić information content (AvgIpc) is 3.25. The lowest BCUT2D eigenvalue weighted by molar-refractivity contribution is -0.152. The van der Waals surface area contributed by atoms with Gasteiger partial charge in [0.25, 0.3) is 15.2 Å². The van der Waals surface area contributed by atoms with Gasteiger partial charge < -0.3 is 13.9 Å². The van der Waals surface area contributed by atoms with Crippen molar-refractivity contribution in [1.29, 1.82) is 0 Å². The Hall–Kier alpha value is -2.72. The predicted octanol–water partition coefficient (Wildman–Crippen LogP) is 5.73. The summed E-state index contributed by atoms with van der Waals surface area (Å²) in [5, 5.41) is 0.284. The Morgan fingerprint density at radius 2 is 2.00 bits per heavy atom. The lowest BCUT2D eigenvalue weighted by Gasteiger charge is -2.36. The van der Waals surface area contributed by atoms with Crippen LogP contribution in [0.5, 0.6) is 5.75 Å². The predicted molar refractivity (Wildman–Crippen MR) is 140 cm³/mol. The molecule has 0 amide bonds. The van der Waals surface area contributed by atoms with E-state index in [1.807, 2.05) is 0 Å². The Morgan fingerprint density at radius 3 is 2.75 bits per heavy atom. The number of aromatic nitrogens is 1. The maximum Gasteiger partial charge on any atom is 0.316 e. The highest BCUT2D eigenvalue weighted by molar-refractivity contribution is 7.99. The molecule has 0 radical (unpaired) electrons. The number of nitrogens with one attached hydrogen (secondary N) is 1. The van der Waals surface area contributed by atoms with Crippen LogP contribution in [0.25, 0.3) is 11.1 Å². The van der Waals surface area contributed by atoms with E-state index in [9.17, 15) is 13.2 Å². The first-order valence-electron chi connectivity index (χ1n) is 12.0. The van der Waals surface area contributed by atoms with Crippen LogP contribution in [0.4, 0.5) is 5.69 Å². The number of ether oxygens (including phenoxy) is 2. The molecule has 3 unspecified atom stereocenters. The van der Waals surface area contributed by atoms with Gasteiger partial charge in [-0.05, 0) is 60.9 Å². The van der Waals surface area contributed by atoms with Crippen molar-refractivity contribution in [3.63, 3.8) is 0 Å². The van der Waals surface area contributed by atoms with Gasteiger partial charge in [-0.2, -0.15) is 0 Å². The van der Waals surface area contributed by atoms with Gasteiger partial charge in [0.15, 0.2) is 5.58 Å². The molecule has 1 N–H and O–H groups in total. The van der Waals surface area contributed by atoms with Crippen LogP contribution < -0.4 is 9.46 Å². The number of anilines is 1. The molecule has 8 nitrogen and oxygen atoms in total. The third-order valence-electron chi connectivity index (χ3n) is 6.56. The van der Waals surface area contributed by atoms with Gasteiger partial charge in [-0.3, -0.25) is 9.52 Å². The smallest absolute Gasteiger partial charge is 0.316 e. The van der Waals surface area contributed by atoms with Gasteiger partial charge in [-0.1, -0.05) is 51.1 Å². The number of thioether (sulfide) groups is 1. The number of carbonyl (C=O) groups is 1. The van der Waals surface area contributed by atoms with Crippen LogP contribution in [0.3, 0.4) is 0 Å². The number of methoxy groups -OCH3 is 1. The molecule has 3 aromatic rings. The zero-order valence-corrected chi connectivity index (χ0v) is 22.5. The molecular weight excluding hydrogens is 500 g/mol. The summed E-state index contributed by atoms with van der Waals surface area (Å²) in [5.74, 6) is 1.58. The number of sulfonamides is 1. The van der Waals surface area contributed by atoms with Gasteiger partial charge in [0.2, 0.25) is 0 Å². The minimum absolute atomic E-state index is 0.0383. The van der Waals surface area contributed by atoms with E-state index in [2.05, 4.69) is 30.5 Å². The summed E-state index contributed by atoms with van der Waals surface area (Å²) in [6.45, 7) is 6.55. The van der Waals surface area contributed by atoms with Crippen molar-refractivity contribution >= 4 is 44.5 Å². The third kappa shape index (κ3) is 6.15. The molecule has 2 aromatic carbocycles. The molecule has 194 valence electrons. The Balaban J connectivity index is 1.42. The maximum absolute atomic E-state index is 12.9. The number of nitrogens with zero attached hydrogens (tertiary/aromatic N) is 1. The lowest BCUT2D eigenvalue weighted by Crippen LogP contribution is -2.36. The number of para-hydroxylation sites is 2. The Bertz CT molecular complexity index is 1320. The van der Waals surface area contributed by atoms with E-state index >= 15 is 0 Å². The number of esters is 1. The summed E-state index contributed by atoms with van der Waals surface area (Å²) in [7, 11) is -2.41. The van der Waals surface area contributed by atoms with Gasteiger partial charge in [0.1, 0.15) is 23.1 Å². The minimum Gasteiger partial charge on any atom is -0.495 e.